The van der Waals surface area contributed by atoms with Gasteiger partial charge in [-0.3, -0.25) is 0 Å². The summed E-state index contributed by atoms with van der Waals surface area (Å²) in [5, 5.41) is 3.76. The predicted molar refractivity (Wildman–Crippen MR) is 201 cm³/mol. The van der Waals surface area contributed by atoms with Crippen molar-refractivity contribution >= 4 is 20.2 Å². The number of benzene rings is 4. The molecule has 0 amide bonds. The van der Waals surface area contributed by atoms with Crippen molar-refractivity contribution in [2.45, 2.75) is 95.0 Å². The molecule has 2 unspecified atom stereocenters. The predicted octanol–water partition coefficient (Wildman–Crippen LogP) is 13.0. The van der Waals surface area contributed by atoms with E-state index in [9.17, 15) is 0 Å². The monoisotopic (exact) mass is 788 g/mol. The zero-order valence-corrected chi connectivity index (χ0v) is 34.4. The third-order valence-corrected chi connectivity index (χ3v) is 34.8. The second kappa shape index (κ2) is 11.0. The Kier molecular flexibility index (Phi) is 7.65. The molecule has 1 aliphatic heterocycles. The Bertz CT molecular complexity index is 1750. The fourth-order valence-corrected chi connectivity index (χ4v) is 41.3. The van der Waals surface area contributed by atoms with Crippen LogP contribution in [-0.4, -0.2) is 8.07 Å². The molecule has 1 saturated heterocycles. The van der Waals surface area contributed by atoms with Crippen molar-refractivity contribution in [1.82, 2.24) is 0 Å². The van der Waals surface area contributed by atoms with Crippen LogP contribution in [0.3, 0.4) is 0 Å². The normalized spacial score (nSPS) is 20.7. The quantitative estimate of drug-likeness (QED) is 0.181. The second-order valence-electron chi connectivity index (χ2n) is 16.9. The van der Waals surface area contributed by atoms with Crippen molar-refractivity contribution in [3.05, 3.63) is 129 Å². The molecule has 2 aliphatic carbocycles. The van der Waals surface area contributed by atoms with Crippen molar-refractivity contribution in [2.24, 2.45) is 0 Å². The molecule has 2 heteroatoms. The minimum absolute atomic E-state index is 0.165. The second-order valence-corrected chi connectivity index (χ2v) is 38.9. The van der Waals surface area contributed by atoms with E-state index in [1.54, 1.807) is 11.1 Å². The zero-order valence-electron chi connectivity index (χ0n) is 29.8. The van der Waals surface area contributed by atoms with E-state index in [1.807, 2.05) is 10.4 Å². The molecule has 0 bridgehead atoms. The number of hydrogen-bond donors (Lipinski definition) is 0. The van der Waals surface area contributed by atoms with Crippen LogP contribution >= 0.6 is 0 Å². The molecular weight excluding hydrogens is 735 g/mol. The van der Waals surface area contributed by atoms with Gasteiger partial charge in [-0.2, -0.15) is 0 Å². The van der Waals surface area contributed by atoms with E-state index in [0.29, 0.717) is 7.35 Å². The summed E-state index contributed by atoms with van der Waals surface area (Å²) in [4.78, 5) is 0. The van der Waals surface area contributed by atoms with Crippen molar-refractivity contribution in [1.29, 1.82) is 0 Å². The van der Waals surface area contributed by atoms with Gasteiger partial charge in [-0.25, -0.2) is 0 Å². The molecule has 236 valence electrons. The average Bonchev–Trinajstić information content (AvgIpc) is 3.62. The zero-order chi connectivity index (χ0) is 32.8. The first-order chi connectivity index (χ1) is 21.7. The van der Waals surface area contributed by atoms with Crippen molar-refractivity contribution < 1.29 is 20.0 Å². The molecule has 4 aromatic carbocycles. The standard InChI is InChI=1S/C42H46Si.2CH3.Hf/c1-9-43(10-2,35-25-31-13-11-15-37(39(31)27-35)29-17-21-33(22-18-29)41(3,4)5)36-26-32-14-12-16-38(40(32)28-36)30-19-23-34(24-20-30)42(6,7)8;;;/h11-28H,9-10H2,1-8H3;2*1H3;. The van der Waals surface area contributed by atoms with Gasteiger partial charge in [0.05, 0.1) is 0 Å². The van der Waals surface area contributed by atoms with Crippen molar-refractivity contribution in [2.75, 3.05) is 0 Å². The van der Waals surface area contributed by atoms with Crippen molar-refractivity contribution in [3.63, 3.8) is 0 Å². The summed E-state index contributed by atoms with van der Waals surface area (Å²) in [5.74, 6) is 0. The van der Waals surface area contributed by atoms with Crippen LogP contribution in [0.15, 0.2) is 95.3 Å². The Morgan fingerprint density at radius 2 is 0.913 bits per heavy atom. The maximum atomic E-state index is 2.80. The molecule has 0 aromatic heterocycles. The summed E-state index contributed by atoms with van der Waals surface area (Å²) in [6.07, 6.45) is 5.50. The van der Waals surface area contributed by atoms with Gasteiger partial charge in [0.1, 0.15) is 0 Å². The van der Waals surface area contributed by atoms with Gasteiger partial charge in [0.25, 0.3) is 0 Å². The number of fused-ring (bicyclic) bond motifs is 6. The summed E-state index contributed by atoms with van der Waals surface area (Å²) < 4.78 is 6.94. The molecule has 1 heterocycles. The first-order valence-electron chi connectivity index (χ1n) is 17.6. The van der Waals surface area contributed by atoms with Crippen LogP contribution in [-0.2, 0) is 30.8 Å². The van der Waals surface area contributed by atoms with Gasteiger partial charge in [0.2, 0.25) is 0 Å². The third kappa shape index (κ3) is 4.75. The van der Waals surface area contributed by atoms with E-state index in [0.717, 1.165) is 0 Å². The Hall–Kier alpha value is -2.55. The van der Waals surface area contributed by atoms with Crippen LogP contribution in [0.1, 0.15) is 96.1 Å². The van der Waals surface area contributed by atoms with Gasteiger partial charge in [-0.15, -0.1) is 0 Å². The van der Waals surface area contributed by atoms with Gasteiger partial charge in [-0.1, -0.05) is 0 Å². The molecule has 3 aliphatic rings. The molecule has 46 heavy (non-hydrogen) atoms. The molecule has 7 rings (SSSR count). The van der Waals surface area contributed by atoms with Crippen LogP contribution in [0.4, 0.5) is 0 Å². The van der Waals surface area contributed by atoms with Crippen LogP contribution in [0.25, 0.3) is 34.4 Å². The van der Waals surface area contributed by atoms with E-state index in [4.69, 9.17) is 0 Å². The summed E-state index contributed by atoms with van der Waals surface area (Å²) >= 11 is -3.07. The fraction of sp³-hybridized carbons (Fsp3) is 0.364. The number of hydrogen-bond acceptors (Lipinski definition) is 0. The average molecular weight is 787 g/mol. The third-order valence-electron chi connectivity index (χ3n) is 12.0. The van der Waals surface area contributed by atoms with Crippen molar-refractivity contribution in [3.8, 4) is 22.3 Å². The summed E-state index contributed by atoms with van der Waals surface area (Å²) in [5.41, 5.74) is 15.1. The van der Waals surface area contributed by atoms with E-state index >= 15 is 0 Å². The molecule has 0 spiro atoms. The first kappa shape index (κ1) is 32.0. The van der Waals surface area contributed by atoms with Gasteiger partial charge >= 0.3 is 286 Å². The minimum atomic E-state index is -3.07. The molecule has 4 aromatic rings. The van der Waals surface area contributed by atoms with Crippen LogP contribution < -0.4 is 0 Å². The number of rotatable bonds is 4. The summed E-state index contributed by atoms with van der Waals surface area (Å²) in [7, 11) is -1.91. The molecule has 0 saturated carbocycles. The van der Waals surface area contributed by atoms with Gasteiger partial charge in [0, 0.05) is 0 Å². The van der Waals surface area contributed by atoms with Gasteiger partial charge in [-0.05, 0) is 0 Å². The van der Waals surface area contributed by atoms with E-state index in [1.165, 1.54) is 56.6 Å². The topological polar surface area (TPSA) is 0 Å². The Morgan fingerprint density at radius 1 is 0.543 bits per heavy atom. The molecule has 0 nitrogen and oxygen atoms in total. The molecule has 0 N–H and O–H groups in total. The maximum absolute atomic E-state index is 3.07. The Balaban J connectivity index is 1.39. The van der Waals surface area contributed by atoms with Crippen LogP contribution in [0.5, 0.6) is 0 Å². The fourth-order valence-electron chi connectivity index (χ4n) is 9.44. The van der Waals surface area contributed by atoms with Crippen LogP contribution in [0.2, 0.25) is 21.4 Å². The molecule has 1 fully saturated rings. The Morgan fingerprint density at radius 3 is 1.24 bits per heavy atom. The van der Waals surface area contributed by atoms with E-state index < -0.39 is 28.0 Å². The van der Waals surface area contributed by atoms with Gasteiger partial charge in [0.15, 0.2) is 0 Å². The van der Waals surface area contributed by atoms with Gasteiger partial charge < -0.3 is 0 Å². The SMILES string of the molecule is CC[Si]1(CC)C2=Cc3c(-c4ccc(C(C)(C)C)cc4)cccc3[CH]2[Hf]([CH3])([CH3])[CH]2C1=Cc1c(-c3ccc(C(C)(C)C)cc3)cccc12. The first-order valence-corrected chi connectivity index (χ1v) is 31.4. The molecular formula is C44H52HfSi. The number of allylic oxidation sites excluding steroid dienone is 2. The molecule has 0 radical (unpaired) electrons. The summed E-state index contributed by atoms with van der Waals surface area (Å²) in [6, 6.07) is 36.0. The van der Waals surface area contributed by atoms with E-state index in [2.05, 4.69) is 162 Å². The summed E-state index contributed by atoms with van der Waals surface area (Å²) in [6.45, 7) is 18.9. The Labute approximate surface area is 284 Å². The van der Waals surface area contributed by atoms with Crippen LogP contribution in [0, 0.1) is 0 Å². The molecule has 2 atom stereocenters. The van der Waals surface area contributed by atoms with E-state index in [-0.39, 0.29) is 10.8 Å².